The smallest absolute Gasteiger partial charge is 0.0375 e. The summed E-state index contributed by atoms with van der Waals surface area (Å²) >= 11 is 0. The van der Waals surface area contributed by atoms with Crippen molar-refractivity contribution in [1.82, 2.24) is 0 Å². The summed E-state index contributed by atoms with van der Waals surface area (Å²) in [4.78, 5) is 0. The lowest BCUT2D eigenvalue weighted by molar-refractivity contribution is 0.642. The lowest BCUT2D eigenvalue weighted by Gasteiger charge is -2.02. The SMILES string of the molecule is CCCCCCC/C(C)=N/N=C(\C)CCCCC/C(C)=N/N=C(\C)CCCCCCC. The van der Waals surface area contributed by atoms with Crippen molar-refractivity contribution in [2.75, 3.05) is 0 Å². The fourth-order valence-electron chi connectivity index (χ4n) is 3.45. The predicted octanol–water partition coefficient (Wildman–Crippen LogP) is 9.33. The number of nitrogens with zero attached hydrogens (tertiary/aromatic N) is 4. The van der Waals surface area contributed by atoms with Gasteiger partial charge < -0.3 is 0 Å². The number of rotatable bonds is 20. The molecule has 4 heteroatoms. The molecular formula is C27H52N4. The Kier molecular flexibility index (Phi) is 21.0. The van der Waals surface area contributed by atoms with Gasteiger partial charge in [-0.15, -0.1) is 0 Å². The Morgan fingerprint density at radius 2 is 0.581 bits per heavy atom. The fourth-order valence-corrected chi connectivity index (χ4v) is 3.45. The Morgan fingerprint density at radius 3 is 0.839 bits per heavy atom. The largest absolute Gasteiger partial charge is 0.161 e. The molecule has 0 saturated heterocycles. The van der Waals surface area contributed by atoms with Crippen LogP contribution in [-0.4, -0.2) is 22.8 Å². The lowest BCUT2D eigenvalue weighted by atomic mass is 10.1. The molecule has 0 bridgehead atoms. The molecule has 180 valence electrons. The molecule has 0 atom stereocenters. The van der Waals surface area contributed by atoms with Gasteiger partial charge in [0.2, 0.25) is 0 Å². The zero-order chi connectivity index (χ0) is 23.2. The molecule has 0 saturated carbocycles. The topological polar surface area (TPSA) is 49.4 Å². The van der Waals surface area contributed by atoms with E-state index in [0.717, 1.165) is 37.1 Å². The highest BCUT2D eigenvalue weighted by Crippen LogP contribution is 2.09. The van der Waals surface area contributed by atoms with Gasteiger partial charge in [0.1, 0.15) is 0 Å². The molecule has 0 rings (SSSR count). The molecule has 0 N–H and O–H groups in total. The molecule has 0 amide bonds. The second kappa shape index (κ2) is 21.9. The first-order valence-electron chi connectivity index (χ1n) is 13.1. The minimum absolute atomic E-state index is 1.04. The summed E-state index contributed by atoms with van der Waals surface area (Å²) in [7, 11) is 0. The fraction of sp³-hybridized carbons (Fsp3) is 0.852. The van der Waals surface area contributed by atoms with Gasteiger partial charge >= 0.3 is 0 Å². The Labute approximate surface area is 194 Å². The Balaban J connectivity index is 3.90. The van der Waals surface area contributed by atoms with Crippen molar-refractivity contribution in [3.8, 4) is 0 Å². The van der Waals surface area contributed by atoms with Crippen LogP contribution in [0.2, 0.25) is 0 Å². The van der Waals surface area contributed by atoms with Crippen molar-refractivity contribution >= 4 is 22.8 Å². The van der Waals surface area contributed by atoms with Crippen LogP contribution in [0.3, 0.4) is 0 Å². The molecule has 0 aliphatic heterocycles. The summed E-state index contributed by atoms with van der Waals surface area (Å²) in [5.74, 6) is 0. The van der Waals surface area contributed by atoms with E-state index < -0.39 is 0 Å². The van der Waals surface area contributed by atoms with E-state index in [4.69, 9.17) is 0 Å². The van der Waals surface area contributed by atoms with Crippen LogP contribution in [0.1, 0.15) is 151 Å². The van der Waals surface area contributed by atoms with Gasteiger partial charge in [0, 0.05) is 22.8 Å². The molecule has 4 nitrogen and oxygen atoms in total. The van der Waals surface area contributed by atoms with Crippen LogP contribution in [0.4, 0.5) is 0 Å². The van der Waals surface area contributed by atoms with Crippen molar-refractivity contribution < 1.29 is 0 Å². The van der Waals surface area contributed by atoms with Gasteiger partial charge in [0.25, 0.3) is 0 Å². The first-order valence-corrected chi connectivity index (χ1v) is 13.1. The summed E-state index contributed by atoms with van der Waals surface area (Å²) in [5, 5.41) is 17.7. The second-order valence-corrected chi connectivity index (χ2v) is 9.23. The van der Waals surface area contributed by atoms with E-state index >= 15 is 0 Å². The van der Waals surface area contributed by atoms with Gasteiger partial charge in [-0.05, 0) is 79.1 Å². The van der Waals surface area contributed by atoms with Crippen LogP contribution in [0.5, 0.6) is 0 Å². The van der Waals surface area contributed by atoms with Crippen LogP contribution in [0.15, 0.2) is 20.4 Å². The normalized spacial score (nSPS) is 13.9. The van der Waals surface area contributed by atoms with E-state index in [2.05, 4.69) is 61.9 Å². The maximum Gasteiger partial charge on any atom is 0.0375 e. The van der Waals surface area contributed by atoms with Gasteiger partial charge in [-0.1, -0.05) is 71.6 Å². The molecule has 0 aromatic carbocycles. The zero-order valence-corrected chi connectivity index (χ0v) is 21.8. The molecule has 0 radical (unpaired) electrons. The molecule has 0 aromatic heterocycles. The van der Waals surface area contributed by atoms with Crippen LogP contribution < -0.4 is 0 Å². The summed E-state index contributed by atoms with van der Waals surface area (Å²) < 4.78 is 0. The highest BCUT2D eigenvalue weighted by molar-refractivity contribution is 5.86. The third-order valence-corrected chi connectivity index (χ3v) is 5.64. The van der Waals surface area contributed by atoms with Crippen molar-refractivity contribution in [3.63, 3.8) is 0 Å². The number of hydrogen-bond donors (Lipinski definition) is 0. The average Bonchev–Trinajstić information content (AvgIpc) is 2.75. The van der Waals surface area contributed by atoms with Crippen molar-refractivity contribution in [2.45, 2.75) is 151 Å². The van der Waals surface area contributed by atoms with Crippen molar-refractivity contribution in [3.05, 3.63) is 0 Å². The summed E-state index contributed by atoms with van der Waals surface area (Å²) in [6, 6.07) is 0. The van der Waals surface area contributed by atoms with Gasteiger partial charge in [-0.25, -0.2) is 0 Å². The maximum absolute atomic E-state index is 4.42. The van der Waals surface area contributed by atoms with Gasteiger partial charge in [0.15, 0.2) is 0 Å². The lowest BCUT2D eigenvalue weighted by Crippen LogP contribution is -1.96. The van der Waals surface area contributed by atoms with E-state index in [0.29, 0.717) is 0 Å². The maximum atomic E-state index is 4.42. The molecule has 0 unspecified atom stereocenters. The molecule has 0 aromatic rings. The first-order chi connectivity index (χ1) is 15.0. The first kappa shape index (κ1) is 29.7. The molecule has 31 heavy (non-hydrogen) atoms. The standard InChI is InChI=1S/C27H52N4/c1-7-9-11-13-16-20-24(3)28-30-26(5)22-18-15-19-23-27(6)31-29-25(4)21-17-14-12-10-8-2/h7-23H2,1-6H3/b28-24+,29-25+,30-26+,31-27+. The monoisotopic (exact) mass is 432 g/mol. The third kappa shape index (κ3) is 21.7. The van der Waals surface area contributed by atoms with Crippen molar-refractivity contribution in [1.29, 1.82) is 0 Å². The molecule has 0 aliphatic carbocycles. The van der Waals surface area contributed by atoms with E-state index in [1.807, 2.05) is 0 Å². The Bertz CT molecular complexity index is 495. The van der Waals surface area contributed by atoms with Gasteiger partial charge in [-0.2, -0.15) is 20.4 Å². The predicted molar refractivity (Wildman–Crippen MR) is 142 cm³/mol. The Morgan fingerprint density at radius 1 is 0.355 bits per heavy atom. The second-order valence-electron chi connectivity index (χ2n) is 9.23. The molecule has 0 aliphatic rings. The number of hydrogen-bond acceptors (Lipinski definition) is 4. The van der Waals surface area contributed by atoms with Gasteiger partial charge in [0.05, 0.1) is 0 Å². The highest BCUT2D eigenvalue weighted by Gasteiger charge is 1.98. The van der Waals surface area contributed by atoms with Crippen LogP contribution in [0.25, 0.3) is 0 Å². The van der Waals surface area contributed by atoms with Crippen LogP contribution >= 0.6 is 0 Å². The summed E-state index contributed by atoms with van der Waals surface area (Å²) in [5.41, 5.74) is 4.63. The number of unbranched alkanes of at least 4 members (excludes halogenated alkanes) is 10. The highest BCUT2D eigenvalue weighted by atomic mass is 15.2. The van der Waals surface area contributed by atoms with E-state index in [1.54, 1.807) is 0 Å². The van der Waals surface area contributed by atoms with E-state index in [1.165, 1.54) is 94.9 Å². The minimum Gasteiger partial charge on any atom is -0.161 e. The minimum atomic E-state index is 1.04. The molecule has 0 fully saturated rings. The van der Waals surface area contributed by atoms with E-state index in [9.17, 15) is 0 Å². The molecule has 0 spiro atoms. The van der Waals surface area contributed by atoms with Crippen molar-refractivity contribution in [2.24, 2.45) is 20.4 Å². The van der Waals surface area contributed by atoms with E-state index in [-0.39, 0.29) is 0 Å². The molecule has 0 heterocycles. The summed E-state index contributed by atoms with van der Waals surface area (Å²) in [6.07, 6.45) is 20.9. The van der Waals surface area contributed by atoms with Gasteiger partial charge in [-0.3, -0.25) is 0 Å². The summed E-state index contributed by atoms with van der Waals surface area (Å²) in [6.45, 7) is 12.9. The zero-order valence-electron chi connectivity index (χ0n) is 21.8. The third-order valence-electron chi connectivity index (χ3n) is 5.64. The molecular weight excluding hydrogens is 380 g/mol. The average molecular weight is 433 g/mol. The Hall–Kier alpha value is -1.32. The van der Waals surface area contributed by atoms with Crippen LogP contribution in [0, 0.1) is 0 Å². The quantitative estimate of drug-likeness (QED) is 0.104. The van der Waals surface area contributed by atoms with Crippen LogP contribution in [-0.2, 0) is 0 Å².